The number of amides is 1. The summed E-state index contributed by atoms with van der Waals surface area (Å²) in [6.45, 7) is 2.46. The van der Waals surface area contributed by atoms with Gasteiger partial charge >= 0.3 is 0 Å². The van der Waals surface area contributed by atoms with Crippen molar-refractivity contribution in [2.24, 2.45) is 5.10 Å². The highest BCUT2D eigenvalue weighted by Crippen LogP contribution is 2.45. The van der Waals surface area contributed by atoms with Crippen LogP contribution in [-0.4, -0.2) is 27.7 Å². The Balaban J connectivity index is 1.61. The number of halogens is 2. The molecule has 8 heteroatoms. The molecule has 0 atom stereocenters. The average Bonchev–Trinajstić information content (AvgIpc) is 3.07. The van der Waals surface area contributed by atoms with Crippen molar-refractivity contribution in [3.05, 3.63) is 63.6 Å². The van der Waals surface area contributed by atoms with E-state index in [1.165, 1.54) is 0 Å². The predicted molar refractivity (Wildman–Crippen MR) is 121 cm³/mol. The second kappa shape index (κ2) is 9.92. The molecule has 0 aromatic heterocycles. The predicted octanol–water partition coefficient (Wildman–Crippen LogP) is 5.61. The molecule has 1 aliphatic heterocycles. The summed E-state index contributed by atoms with van der Waals surface area (Å²) in [5, 5.41) is 5.31. The first kappa shape index (κ1) is 21.4. The van der Waals surface area contributed by atoms with Gasteiger partial charge in [-0.1, -0.05) is 35.3 Å². The molecule has 1 aliphatic rings. The molecule has 1 N–H and O–H groups in total. The number of nitrogens with zero attached hydrogens (tertiary/aromatic N) is 1. The molecule has 0 saturated carbocycles. The van der Waals surface area contributed by atoms with Crippen LogP contribution in [0.15, 0.2) is 47.6 Å². The number of hydrogen-bond donors (Lipinski definition) is 1. The Hall–Kier alpha value is -1.34. The number of hydrazone groups is 1. The maximum absolute atomic E-state index is 12.2. The molecule has 0 unspecified atom stereocenters. The highest BCUT2D eigenvalue weighted by molar-refractivity contribution is 8.21. The molecule has 0 spiro atoms. The van der Waals surface area contributed by atoms with E-state index in [-0.39, 0.29) is 9.99 Å². The van der Waals surface area contributed by atoms with Gasteiger partial charge in [-0.15, -0.1) is 23.5 Å². The van der Waals surface area contributed by atoms with Crippen LogP contribution < -0.4 is 10.2 Å². The van der Waals surface area contributed by atoms with E-state index in [1.807, 2.05) is 47.8 Å². The van der Waals surface area contributed by atoms with Crippen molar-refractivity contribution in [1.29, 1.82) is 0 Å². The van der Waals surface area contributed by atoms with Crippen LogP contribution in [0.1, 0.15) is 24.5 Å². The van der Waals surface area contributed by atoms with Gasteiger partial charge < -0.3 is 4.74 Å². The average molecular weight is 455 g/mol. The molecule has 28 heavy (non-hydrogen) atoms. The van der Waals surface area contributed by atoms with Crippen LogP contribution in [0.4, 0.5) is 0 Å². The molecule has 0 aliphatic carbocycles. The summed E-state index contributed by atoms with van der Waals surface area (Å²) in [6.07, 6.45) is 1.97. The number of carbonyl (C=O) groups excluding carboxylic acids is 1. The fourth-order valence-corrected chi connectivity index (χ4v) is 5.93. The molecule has 2 aromatic carbocycles. The SMILES string of the molecule is CC1(CC(=O)N/N=C\c2cc(Cl)ccc2OCc2cccc(Cl)c2)SCCS1. The van der Waals surface area contributed by atoms with E-state index in [9.17, 15) is 4.79 Å². The van der Waals surface area contributed by atoms with Gasteiger partial charge in [-0.25, -0.2) is 5.43 Å². The fourth-order valence-electron chi connectivity index (χ4n) is 2.70. The Morgan fingerprint density at radius 1 is 1.21 bits per heavy atom. The molecular formula is C20H20Cl2N2O2S2. The molecule has 3 rings (SSSR count). The van der Waals surface area contributed by atoms with Crippen molar-refractivity contribution in [1.82, 2.24) is 5.43 Å². The quantitative estimate of drug-likeness (QED) is 0.436. The zero-order valence-electron chi connectivity index (χ0n) is 15.3. The van der Waals surface area contributed by atoms with Crippen LogP contribution in [0.2, 0.25) is 10.0 Å². The molecule has 4 nitrogen and oxygen atoms in total. The molecule has 2 aromatic rings. The van der Waals surface area contributed by atoms with E-state index >= 15 is 0 Å². The summed E-state index contributed by atoms with van der Waals surface area (Å²) >= 11 is 15.7. The first-order valence-corrected chi connectivity index (χ1v) is 11.4. The number of benzene rings is 2. The lowest BCUT2D eigenvalue weighted by molar-refractivity contribution is -0.121. The van der Waals surface area contributed by atoms with Gasteiger partial charge in [-0.2, -0.15) is 5.10 Å². The van der Waals surface area contributed by atoms with E-state index in [2.05, 4.69) is 17.5 Å². The lowest BCUT2D eigenvalue weighted by atomic mass is 10.2. The van der Waals surface area contributed by atoms with Gasteiger partial charge in [0.15, 0.2) is 0 Å². The largest absolute Gasteiger partial charge is 0.488 e. The van der Waals surface area contributed by atoms with Crippen LogP contribution in [0.5, 0.6) is 5.75 Å². The topological polar surface area (TPSA) is 50.7 Å². The van der Waals surface area contributed by atoms with Gasteiger partial charge in [0.05, 0.1) is 16.7 Å². The molecule has 148 valence electrons. The van der Waals surface area contributed by atoms with Crippen molar-refractivity contribution in [3.8, 4) is 5.75 Å². The highest BCUT2D eigenvalue weighted by atomic mass is 35.5. The molecular weight excluding hydrogens is 435 g/mol. The normalized spacial score (nSPS) is 15.7. The summed E-state index contributed by atoms with van der Waals surface area (Å²) in [5.74, 6) is 2.67. The molecule has 1 amide bonds. The van der Waals surface area contributed by atoms with Crippen LogP contribution in [0.25, 0.3) is 0 Å². The van der Waals surface area contributed by atoms with Gasteiger partial charge in [0, 0.05) is 27.1 Å². The molecule has 0 radical (unpaired) electrons. The summed E-state index contributed by atoms with van der Waals surface area (Å²) in [5.41, 5.74) is 4.24. The first-order chi connectivity index (χ1) is 13.4. The minimum absolute atomic E-state index is 0.0686. The van der Waals surface area contributed by atoms with Crippen LogP contribution >= 0.6 is 46.7 Å². The van der Waals surface area contributed by atoms with Crippen molar-refractivity contribution in [3.63, 3.8) is 0 Å². The van der Waals surface area contributed by atoms with Crippen molar-refractivity contribution >= 4 is 58.8 Å². The molecule has 0 bridgehead atoms. The van der Waals surface area contributed by atoms with Gasteiger partial charge in [-0.05, 0) is 42.8 Å². The van der Waals surface area contributed by atoms with Gasteiger partial charge in [-0.3, -0.25) is 4.79 Å². The molecule has 1 heterocycles. The first-order valence-electron chi connectivity index (χ1n) is 8.70. The minimum Gasteiger partial charge on any atom is -0.488 e. The molecule has 1 fully saturated rings. The third kappa shape index (κ3) is 6.34. The third-order valence-electron chi connectivity index (χ3n) is 4.03. The maximum Gasteiger partial charge on any atom is 0.242 e. The molecule has 1 saturated heterocycles. The maximum atomic E-state index is 12.2. The Morgan fingerprint density at radius 2 is 1.96 bits per heavy atom. The van der Waals surface area contributed by atoms with Crippen molar-refractivity contribution in [2.75, 3.05) is 11.5 Å². The lowest BCUT2D eigenvalue weighted by Crippen LogP contribution is -2.26. The Bertz CT molecular complexity index is 871. The second-order valence-corrected chi connectivity index (χ2v) is 10.7. The number of carbonyl (C=O) groups is 1. The van der Waals surface area contributed by atoms with Crippen LogP contribution in [0.3, 0.4) is 0 Å². The highest BCUT2D eigenvalue weighted by Gasteiger charge is 2.32. The zero-order chi connectivity index (χ0) is 20.0. The summed E-state index contributed by atoms with van der Waals surface area (Å²) in [7, 11) is 0. The van der Waals surface area contributed by atoms with Gasteiger partial charge in [0.25, 0.3) is 0 Å². The summed E-state index contributed by atoms with van der Waals surface area (Å²) in [4.78, 5) is 12.2. The van der Waals surface area contributed by atoms with Gasteiger partial charge in [0.1, 0.15) is 12.4 Å². The van der Waals surface area contributed by atoms with E-state index in [1.54, 1.807) is 24.4 Å². The monoisotopic (exact) mass is 454 g/mol. The summed E-state index contributed by atoms with van der Waals surface area (Å²) < 4.78 is 5.82. The Labute approximate surface area is 183 Å². The van der Waals surface area contributed by atoms with Crippen molar-refractivity contribution < 1.29 is 9.53 Å². The van der Waals surface area contributed by atoms with E-state index in [0.717, 1.165) is 17.1 Å². The Kier molecular flexibility index (Phi) is 7.57. The third-order valence-corrected chi connectivity index (χ3v) is 7.79. The number of nitrogens with one attached hydrogen (secondary N) is 1. The van der Waals surface area contributed by atoms with Crippen LogP contribution in [-0.2, 0) is 11.4 Å². The minimum atomic E-state index is -0.107. The number of rotatable bonds is 7. The van der Waals surface area contributed by atoms with E-state index < -0.39 is 0 Å². The van der Waals surface area contributed by atoms with Crippen LogP contribution in [0, 0.1) is 0 Å². The number of hydrogen-bond acceptors (Lipinski definition) is 5. The zero-order valence-corrected chi connectivity index (χ0v) is 18.4. The Morgan fingerprint density at radius 3 is 2.71 bits per heavy atom. The second-order valence-electron chi connectivity index (χ2n) is 6.40. The van der Waals surface area contributed by atoms with Gasteiger partial charge in [0.2, 0.25) is 5.91 Å². The smallest absolute Gasteiger partial charge is 0.242 e. The number of ether oxygens (including phenoxy) is 1. The van der Waals surface area contributed by atoms with Crippen molar-refractivity contribution in [2.45, 2.75) is 24.0 Å². The van der Waals surface area contributed by atoms with E-state index in [4.69, 9.17) is 27.9 Å². The summed E-state index contributed by atoms with van der Waals surface area (Å²) in [6, 6.07) is 12.8. The standard InChI is InChI=1S/C20H20Cl2N2O2S2/c1-20(27-7-8-28-20)11-19(25)24-23-12-15-10-17(22)5-6-18(15)26-13-14-3-2-4-16(21)9-14/h2-6,9-10,12H,7-8,11,13H2,1H3,(H,24,25)/b23-12-. The lowest BCUT2D eigenvalue weighted by Gasteiger charge is -2.19. The fraction of sp³-hybridized carbons (Fsp3) is 0.300. The van der Waals surface area contributed by atoms with E-state index in [0.29, 0.717) is 34.4 Å². The number of thioether (sulfide) groups is 2.